The van der Waals surface area contributed by atoms with Crippen LogP contribution in [0.15, 0.2) is 0 Å². The molecule has 1 rings (SSSR count). The second kappa shape index (κ2) is 5.86. The predicted octanol–water partition coefficient (Wildman–Crippen LogP) is 2.35. The molecule has 0 aliphatic carbocycles. The summed E-state index contributed by atoms with van der Waals surface area (Å²) in [6, 6.07) is 0. The van der Waals surface area contributed by atoms with Gasteiger partial charge < -0.3 is 10.2 Å². The highest BCUT2D eigenvalue weighted by molar-refractivity contribution is 4.85. The quantitative estimate of drug-likeness (QED) is 0.769. The third-order valence-corrected chi connectivity index (χ3v) is 3.66. The van der Waals surface area contributed by atoms with E-state index in [1.54, 1.807) is 0 Å². The van der Waals surface area contributed by atoms with Gasteiger partial charge >= 0.3 is 0 Å². The van der Waals surface area contributed by atoms with E-state index in [1.807, 2.05) is 0 Å². The van der Waals surface area contributed by atoms with Crippen molar-refractivity contribution >= 4 is 0 Å². The van der Waals surface area contributed by atoms with Crippen LogP contribution in [0.5, 0.6) is 0 Å². The smallest absolute Gasteiger partial charge is 0.000539 e. The Hall–Kier alpha value is -0.0800. The van der Waals surface area contributed by atoms with Crippen molar-refractivity contribution < 1.29 is 0 Å². The predicted molar refractivity (Wildman–Crippen MR) is 67.2 cm³/mol. The lowest BCUT2D eigenvalue weighted by atomic mass is 9.74. The molecule has 0 spiro atoms. The third-order valence-electron chi connectivity index (χ3n) is 3.66. The van der Waals surface area contributed by atoms with Gasteiger partial charge in [0.15, 0.2) is 0 Å². The van der Waals surface area contributed by atoms with Crippen molar-refractivity contribution in [1.82, 2.24) is 10.2 Å². The van der Waals surface area contributed by atoms with Gasteiger partial charge in [0.2, 0.25) is 0 Å². The molecule has 1 atom stereocenters. The maximum absolute atomic E-state index is 3.41. The van der Waals surface area contributed by atoms with Crippen molar-refractivity contribution in [3.05, 3.63) is 0 Å². The maximum atomic E-state index is 3.41. The molecule has 90 valence electrons. The van der Waals surface area contributed by atoms with E-state index in [4.69, 9.17) is 0 Å². The van der Waals surface area contributed by atoms with Gasteiger partial charge in [-0.2, -0.15) is 0 Å². The van der Waals surface area contributed by atoms with E-state index in [2.05, 4.69) is 38.2 Å². The first-order chi connectivity index (χ1) is 7.08. The first kappa shape index (κ1) is 13.0. The van der Waals surface area contributed by atoms with Gasteiger partial charge in [0.1, 0.15) is 0 Å². The molecule has 0 saturated carbocycles. The van der Waals surface area contributed by atoms with Gasteiger partial charge in [0.25, 0.3) is 0 Å². The van der Waals surface area contributed by atoms with Gasteiger partial charge in [0, 0.05) is 6.54 Å². The van der Waals surface area contributed by atoms with Crippen molar-refractivity contribution in [1.29, 1.82) is 0 Å². The molecule has 0 radical (unpaired) electrons. The molecule has 2 nitrogen and oxygen atoms in total. The fourth-order valence-electron chi connectivity index (χ4n) is 3.08. The second-order valence-electron chi connectivity index (χ2n) is 5.79. The zero-order chi connectivity index (χ0) is 11.3. The lowest BCUT2D eigenvalue weighted by Crippen LogP contribution is -2.35. The highest BCUT2D eigenvalue weighted by Crippen LogP contribution is 2.36. The fraction of sp³-hybridized carbons (Fsp3) is 1.00. The molecule has 2 heteroatoms. The van der Waals surface area contributed by atoms with Gasteiger partial charge in [-0.15, -0.1) is 0 Å². The van der Waals surface area contributed by atoms with Gasteiger partial charge in [-0.05, 0) is 64.2 Å². The summed E-state index contributed by atoms with van der Waals surface area (Å²) in [4.78, 5) is 2.48. The summed E-state index contributed by atoms with van der Waals surface area (Å²) >= 11 is 0. The molecule has 1 aliphatic rings. The Balaban J connectivity index is 2.61. The van der Waals surface area contributed by atoms with Crippen molar-refractivity contribution in [2.24, 2.45) is 11.3 Å². The van der Waals surface area contributed by atoms with E-state index >= 15 is 0 Å². The van der Waals surface area contributed by atoms with Crippen molar-refractivity contribution in [3.8, 4) is 0 Å². The largest absolute Gasteiger partial charge is 0.319 e. The topological polar surface area (TPSA) is 15.3 Å². The maximum Gasteiger partial charge on any atom is 0.000539 e. The number of hydrogen-bond donors (Lipinski definition) is 1. The Bertz CT molecular complexity index is 179. The molecule has 0 aromatic rings. The average molecular weight is 212 g/mol. The van der Waals surface area contributed by atoms with Gasteiger partial charge in [-0.3, -0.25) is 0 Å². The van der Waals surface area contributed by atoms with Crippen molar-refractivity contribution in [3.63, 3.8) is 0 Å². The van der Waals surface area contributed by atoms with E-state index in [0.29, 0.717) is 5.41 Å². The number of nitrogens with one attached hydrogen (secondary N) is 1. The number of nitrogens with zero attached hydrogens (tertiary/aromatic N) is 1. The summed E-state index contributed by atoms with van der Waals surface area (Å²) in [5.74, 6) is 0.821. The van der Waals surface area contributed by atoms with Crippen LogP contribution in [0.25, 0.3) is 0 Å². The normalized spacial score (nSPS) is 29.4. The van der Waals surface area contributed by atoms with Crippen molar-refractivity contribution in [2.45, 2.75) is 39.5 Å². The minimum Gasteiger partial charge on any atom is -0.319 e. The Labute approximate surface area is 95.4 Å². The summed E-state index contributed by atoms with van der Waals surface area (Å²) in [5.41, 5.74) is 0.563. The summed E-state index contributed by atoms with van der Waals surface area (Å²) in [7, 11) is 4.35. The zero-order valence-corrected chi connectivity index (χ0v) is 11.0. The molecule has 1 N–H and O–H groups in total. The highest BCUT2D eigenvalue weighted by Gasteiger charge is 2.31. The van der Waals surface area contributed by atoms with Crippen LogP contribution >= 0.6 is 0 Å². The lowest BCUT2D eigenvalue weighted by Gasteiger charge is -2.34. The summed E-state index contributed by atoms with van der Waals surface area (Å²) < 4.78 is 0. The minimum atomic E-state index is 0.563. The first-order valence-corrected chi connectivity index (χ1v) is 6.41. The summed E-state index contributed by atoms with van der Waals surface area (Å²) in [5, 5.41) is 3.41. The molecular weight excluding hydrogens is 184 g/mol. The van der Waals surface area contributed by atoms with E-state index in [-0.39, 0.29) is 0 Å². The molecule has 1 heterocycles. The van der Waals surface area contributed by atoms with Gasteiger partial charge in [0.05, 0.1) is 0 Å². The molecule has 0 aromatic carbocycles. The first-order valence-electron chi connectivity index (χ1n) is 6.41. The van der Waals surface area contributed by atoms with E-state index in [1.165, 1.54) is 45.3 Å². The average Bonchev–Trinajstić information content (AvgIpc) is 2.29. The summed E-state index contributed by atoms with van der Waals surface area (Å²) in [6.45, 7) is 8.45. The Morgan fingerprint density at radius 3 is 2.60 bits per heavy atom. The van der Waals surface area contributed by atoms with Crippen LogP contribution in [-0.2, 0) is 0 Å². The highest BCUT2D eigenvalue weighted by atomic mass is 15.1. The van der Waals surface area contributed by atoms with Crippen LogP contribution < -0.4 is 5.32 Å². The van der Waals surface area contributed by atoms with Gasteiger partial charge in [-0.1, -0.05) is 13.8 Å². The molecule has 0 amide bonds. The van der Waals surface area contributed by atoms with E-state index < -0.39 is 0 Å². The van der Waals surface area contributed by atoms with E-state index in [9.17, 15) is 0 Å². The van der Waals surface area contributed by atoms with Crippen molar-refractivity contribution in [2.75, 3.05) is 33.7 Å². The second-order valence-corrected chi connectivity index (χ2v) is 5.79. The molecule has 1 fully saturated rings. The number of likely N-dealkylation sites (tertiary alicyclic amines) is 1. The third kappa shape index (κ3) is 4.12. The lowest BCUT2D eigenvalue weighted by molar-refractivity contribution is 0.188. The molecular formula is C13H28N2. The zero-order valence-electron chi connectivity index (χ0n) is 11.0. The molecule has 0 bridgehead atoms. The SMILES string of the molecule is CNCC1(CC(C)C)CCCN(C)CC1. The number of hydrogen-bond acceptors (Lipinski definition) is 2. The van der Waals surface area contributed by atoms with Crippen LogP contribution in [0, 0.1) is 11.3 Å². The van der Waals surface area contributed by atoms with Crippen LogP contribution in [-0.4, -0.2) is 38.6 Å². The minimum absolute atomic E-state index is 0.563. The number of rotatable bonds is 4. The van der Waals surface area contributed by atoms with Crippen LogP contribution in [0.1, 0.15) is 39.5 Å². The molecule has 1 unspecified atom stereocenters. The molecule has 0 aromatic heterocycles. The standard InChI is InChI=1S/C13H28N2/c1-12(2)10-13(11-14-3)6-5-8-15(4)9-7-13/h12,14H,5-11H2,1-4H3. The molecule has 1 aliphatic heterocycles. The summed E-state index contributed by atoms with van der Waals surface area (Å²) in [6.07, 6.45) is 5.51. The molecule has 1 saturated heterocycles. The van der Waals surface area contributed by atoms with Crippen LogP contribution in [0.4, 0.5) is 0 Å². The Morgan fingerprint density at radius 1 is 1.27 bits per heavy atom. The molecule has 15 heavy (non-hydrogen) atoms. The fourth-order valence-corrected chi connectivity index (χ4v) is 3.08. The Morgan fingerprint density at radius 2 is 2.00 bits per heavy atom. The van der Waals surface area contributed by atoms with Crippen LogP contribution in [0.2, 0.25) is 0 Å². The van der Waals surface area contributed by atoms with E-state index in [0.717, 1.165) is 5.92 Å². The Kier molecular flexibility index (Phi) is 5.07. The van der Waals surface area contributed by atoms with Crippen LogP contribution in [0.3, 0.4) is 0 Å². The monoisotopic (exact) mass is 212 g/mol. The van der Waals surface area contributed by atoms with Gasteiger partial charge in [-0.25, -0.2) is 0 Å².